The Balaban J connectivity index is 1.35. The molecule has 19 heteroatoms. The number of hydrogen-bond acceptors (Lipinski definition) is 18. The van der Waals surface area contributed by atoms with Gasteiger partial charge in [0.2, 0.25) is 5.91 Å². The summed E-state index contributed by atoms with van der Waals surface area (Å²) in [5.41, 5.74) is 0. The molecule has 3 fully saturated rings. The number of amides is 1. The van der Waals surface area contributed by atoms with Crippen molar-refractivity contribution in [2.45, 2.75) is 381 Å². The van der Waals surface area contributed by atoms with E-state index in [0.29, 0.717) is 12.8 Å². The number of nitrogens with one attached hydrogen (secondary N) is 1. The summed E-state index contributed by atoms with van der Waals surface area (Å²) in [5, 5.41) is 121. The zero-order valence-corrected chi connectivity index (χ0v) is 58.2. The highest BCUT2D eigenvalue weighted by Gasteiger charge is 2.53. The molecule has 3 saturated heterocycles. The number of carbonyl (C=O) groups excluding carboxylic acids is 1. The lowest BCUT2D eigenvalue weighted by Gasteiger charge is -2.48. The van der Waals surface area contributed by atoms with E-state index in [9.17, 15) is 61.0 Å². The van der Waals surface area contributed by atoms with E-state index < -0.39 is 124 Å². The lowest BCUT2D eigenvalue weighted by Crippen LogP contribution is -2.66. The molecular formula is C75H135NO18. The largest absolute Gasteiger partial charge is 0.394 e. The van der Waals surface area contributed by atoms with Gasteiger partial charge in [0.1, 0.15) is 73.2 Å². The van der Waals surface area contributed by atoms with Crippen molar-refractivity contribution in [2.24, 2.45) is 0 Å². The fraction of sp³-hybridized carbons (Fsp3) is 0.853. The molecule has 12 N–H and O–H groups in total. The molecule has 0 spiro atoms. The zero-order valence-electron chi connectivity index (χ0n) is 58.2. The predicted molar refractivity (Wildman–Crippen MR) is 369 cm³/mol. The number of hydrogen-bond donors (Lipinski definition) is 12. The molecule has 0 aromatic heterocycles. The highest BCUT2D eigenvalue weighted by atomic mass is 16.8. The Morgan fingerprint density at radius 3 is 1.15 bits per heavy atom. The van der Waals surface area contributed by atoms with E-state index in [4.69, 9.17) is 28.4 Å². The van der Waals surface area contributed by atoms with Gasteiger partial charge in [0.05, 0.1) is 38.6 Å². The van der Waals surface area contributed by atoms with Gasteiger partial charge in [0.15, 0.2) is 18.9 Å². The van der Waals surface area contributed by atoms with Gasteiger partial charge in [0.25, 0.3) is 0 Å². The molecule has 0 bridgehead atoms. The Labute approximate surface area is 566 Å². The van der Waals surface area contributed by atoms with E-state index in [1.165, 1.54) is 167 Å². The van der Waals surface area contributed by atoms with E-state index in [-0.39, 0.29) is 18.9 Å². The number of allylic oxidation sites excluding steroid dienone is 10. The number of rotatable bonds is 58. The van der Waals surface area contributed by atoms with Gasteiger partial charge in [-0.2, -0.15) is 0 Å². The molecule has 3 aliphatic rings. The third-order valence-electron chi connectivity index (χ3n) is 18.6. The van der Waals surface area contributed by atoms with Gasteiger partial charge in [-0.3, -0.25) is 4.79 Å². The maximum Gasteiger partial charge on any atom is 0.220 e. The molecule has 0 aromatic rings. The maximum absolute atomic E-state index is 13.5. The molecule has 3 rings (SSSR count). The van der Waals surface area contributed by atoms with Crippen molar-refractivity contribution in [3.05, 3.63) is 60.8 Å². The minimum Gasteiger partial charge on any atom is -0.394 e. The molecule has 1 amide bonds. The Morgan fingerprint density at radius 2 is 0.734 bits per heavy atom. The minimum absolute atomic E-state index is 0.241. The molecule has 3 heterocycles. The number of unbranched alkanes of at least 4 members (excludes halogenated alkanes) is 32. The Bertz CT molecular complexity index is 1940. The molecule has 0 aromatic carbocycles. The van der Waals surface area contributed by atoms with E-state index in [0.717, 1.165) is 77.0 Å². The Kier molecular flexibility index (Phi) is 51.3. The summed E-state index contributed by atoms with van der Waals surface area (Å²) >= 11 is 0. The highest BCUT2D eigenvalue weighted by Crippen LogP contribution is 2.33. The maximum atomic E-state index is 13.5. The average Bonchev–Trinajstić information content (AvgIpc) is 0.787. The van der Waals surface area contributed by atoms with Crippen LogP contribution in [0.1, 0.15) is 277 Å². The van der Waals surface area contributed by atoms with E-state index >= 15 is 0 Å². The van der Waals surface area contributed by atoms with Crippen LogP contribution in [0.5, 0.6) is 0 Å². The van der Waals surface area contributed by atoms with E-state index in [2.05, 4.69) is 79.9 Å². The van der Waals surface area contributed by atoms with Crippen LogP contribution in [-0.2, 0) is 33.2 Å². The van der Waals surface area contributed by atoms with Crippen LogP contribution in [0.25, 0.3) is 0 Å². The zero-order chi connectivity index (χ0) is 68.2. The monoisotopic (exact) mass is 1340 g/mol. The minimum atomic E-state index is -1.97. The van der Waals surface area contributed by atoms with Gasteiger partial charge in [-0.15, -0.1) is 0 Å². The van der Waals surface area contributed by atoms with Crippen LogP contribution >= 0.6 is 0 Å². The summed E-state index contributed by atoms with van der Waals surface area (Å²) < 4.78 is 34.5. The SMILES string of the molecule is CC/C=C\C/C=C\C/C=C\C/C=C\C/C=C\CCCCCCCCCCCCCCCCCCCC(=O)NC(COC1OC(CO)C(OC2OC(CO)C(OC3OC(CO)C(O)C(O)C3O)C(O)C2O)C(O)C1O)C(O)CCCCCCCCCCCCCCCCCC. The van der Waals surface area contributed by atoms with Crippen molar-refractivity contribution in [1.82, 2.24) is 5.32 Å². The quantitative estimate of drug-likeness (QED) is 0.0199. The lowest BCUT2D eigenvalue weighted by atomic mass is 9.96. The molecule has 3 aliphatic heterocycles. The van der Waals surface area contributed by atoms with Crippen LogP contribution in [0, 0.1) is 0 Å². The first-order valence-corrected chi connectivity index (χ1v) is 37.5. The number of ether oxygens (including phenoxy) is 6. The van der Waals surface area contributed by atoms with Crippen molar-refractivity contribution < 1.29 is 89.4 Å². The first-order valence-electron chi connectivity index (χ1n) is 37.5. The standard InChI is InChI=1S/C75H135NO18/c1-3-5-7-9-11-13-15-17-19-21-22-23-24-25-26-27-28-29-30-31-32-33-34-35-36-37-39-41-43-45-47-49-51-53-63(81)76-58(59(80)52-50-48-46-44-42-40-38-20-18-16-14-12-10-8-6-4-2)57-89-73-69(87)66(84)71(61(55-78)91-73)94-75-70(88)67(85)72(62(56-79)92-75)93-74-68(86)65(83)64(82)60(54-77)90-74/h5,7,11,13,17,19,22-23,25-26,58-62,64-75,77-80,82-88H,3-4,6,8-10,12,14-16,18,20-21,24,27-57H2,1-2H3,(H,76,81)/b7-5-,13-11-,19-17-,23-22-,26-25-. The van der Waals surface area contributed by atoms with Gasteiger partial charge in [0, 0.05) is 6.42 Å². The highest BCUT2D eigenvalue weighted by molar-refractivity contribution is 5.76. The molecule has 19 nitrogen and oxygen atoms in total. The second-order valence-corrected chi connectivity index (χ2v) is 26.7. The first-order chi connectivity index (χ1) is 45.8. The smallest absolute Gasteiger partial charge is 0.220 e. The van der Waals surface area contributed by atoms with Crippen LogP contribution in [0.2, 0.25) is 0 Å². The normalized spacial score (nSPS) is 27.7. The van der Waals surface area contributed by atoms with Crippen molar-refractivity contribution in [3.8, 4) is 0 Å². The lowest BCUT2D eigenvalue weighted by molar-refractivity contribution is -0.379. The van der Waals surface area contributed by atoms with Gasteiger partial charge in [-0.05, 0) is 57.8 Å². The first kappa shape index (κ1) is 85.7. The van der Waals surface area contributed by atoms with Crippen LogP contribution < -0.4 is 5.32 Å². The van der Waals surface area contributed by atoms with Gasteiger partial charge in [-0.1, -0.05) is 274 Å². The third kappa shape index (κ3) is 37.1. The van der Waals surface area contributed by atoms with Crippen molar-refractivity contribution in [1.29, 1.82) is 0 Å². The fourth-order valence-corrected chi connectivity index (χ4v) is 12.6. The molecule has 0 radical (unpaired) electrons. The van der Waals surface area contributed by atoms with Gasteiger partial charge < -0.3 is 89.9 Å². The van der Waals surface area contributed by atoms with Crippen LogP contribution in [0.3, 0.4) is 0 Å². The van der Waals surface area contributed by atoms with Crippen LogP contribution in [-0.4, -0.2) is 193 Å². The second-order valence-electron chi connectivity index (χ2n) is 26.7. The molecule has 548 valence electrons. The summed E-state index contributed by atoms with van der Waals surface area (Å²) in [4.78, 5) is 13.5. The van der Waals surface area contributed by atoms with Crippen LogP contribution in [0.15, 0.2) is 60.8 Å². The number of aliphatic hydroxyl groups is 11. The van der Waals surface area contributed by atoms with Crippen molar-refractivity contribution in [3.63, 3.8) is 0 Å². The fourth-order valence-electron chi connectivity index (χ4n) is 12.6. The second kappa shape index (κ2) is 56.3. The van der Waals surface area contributed by atoms with Crippen LogP contribution in [0.4, 0.5) is 0 Å². The average molecular weight is 1340 g/mol. The molecule has 17 atom stereocenters. The van der Waals surface area contributed by atoms with E-state index in [1.54, 1.807) is 0 Å². The van der Waals surface area contributed by atoms with Crippen molar-refractivity contribution >= 4 is 5.91 Å². The van der Waals surface area contributed by atoms with Gasteiger partial charge in [-0.25, -0.2) is 0 Å². The molecule has 94 heavy (non-hydrogen) atoms. The van der Waals surface area contributed by atoms with Crippen molar-refractivity contribution in [2.75, 3.05) is 26.4 Å². The third-order valence-corrected chi connectivity index (χ3v) is 18.6. The molecule has 17 unspecified atom stereocenters. The number of carbonyl (C=O) groups is 1. The summed E-state index contributed by atoms with van der Waals surface area (Å²) in [7, 11) is 0. The summed E-state index contributed by atoms with van der Waals surface area (Å²) in [6, 6.07) is -0.888. The molecular weight excluding hydrogens is 1200 g/mol. The Morgan fingerprint density at radius 1 is 0.394 bits per heavy atom. The topological polar surface area (TPSA) is 307 Å². The van der Waals surface area contributed by atoms with E-state index in [1.807, 2.05) is 0 Å². The predicted octanol–water partition coefficient (Wildman–Crippen LogP) is 11.1. The Hall–Kier alpha value is -2.51. The summed E-state index contributed by atoms with van der Waals surface area (Å²) in [6.45, 7) is 1.71. The van der Waals surface area contributed by atoms with Gasteiger partial charge >= 0.3 is 0 Å². The molecule has 0 aliphatic carbocycles. The summed E-state index contributed by atoms with van der Waals surface area (Å²) in [5.74, 6) is -0.241. The number of aliphatic hydroxyl groups excluding tert-OH is 11. The summed E-state index contributed by atoms with van der Waals surface area (Å²) in [6.07, 6.45) is 43.0. The molecule has 0 saturated carbocycles.